The van der Waals surface area contributed by atoms with Crippen LogP contribution in [0.2, 0.25) is 0 Å². The third-order valence-corrected chi connectivity index (χ3v) is 4.87. The molecule has 0 saturated heterocycles. The molecule has 3 aromatic rings. The molecule has 0 fully saturated rings. The van der Waals surface area contributed by atoms with Gasteiger partial charge in [-0.3, -0.25) is 14.9 Å². The molecule has 2 N–H and O–H groups in total. The molecule has 0 aliphatic carbocycles. The number of hydrogen-bond acceptors (Lipinski definition) is 7. The van der Waals surface area contributed by atoms with E-state index in [1.165, 1.54) is 11.8 Å². The van der Waals surface area contributed by atoms with E-state index < -0.39 is 6.04 Å². The van der Waals surface area contributed by atoms with Crippen molar-refractivity contribution < 1.29 is 23.8 Å². The number of ether oxygens (including phenoxy) is 3. The van der Waals surface area contributed by atoms with E-state index in [0.29, 0.717) is 34.7 Å². The normalized spacial score (nSPS) is 14.5. The fourth-order valence-electron chi connectivity index (χ4n) is 3.25. The highest BCUT2D eigenvalue weighted by atomic mass is 16.5. The maximum absolute atomic E-state index is 12.6. The van der Waals surface area contributed by atoms with Crippen LogP contribution in [0, 0.1) is 0 Å². The van der Waals surface area contributed by atoms with Crippen LogP contribution in [0.4, 0.5) is 11.6 Å². The van der Waals surface area contributed by atoms with Gasteiger partial charge in [0, 0.05) is 11.6 Å². The van der Waals surface area contributed by atoms with Gasteiger partial charge in [0.1, 0.15) is 23.3 Å². The molecule has 0 bridgehead atoms. The lowest BCUT2D eigenvalue weighted by Gasteiger charge is -2.13. The summed E-state index contributed by atoms with van der Waals surface area (Å²) >= 11 is 0. The molecule has 0 spiro atoms. The fraction of sp³-hybridized carbons (Fsp3) is 0.238. The summed E-state index contributed by atoms with van der Waals surface area (Å²) in [5.41, 5.74) is 1.24. The summed E-state index contributed by atoms with van der Waals surface area (Å²) < 4.78 is 17.0. The van der Waals surface area contributed by atoms with Gasteiger partial charge in [-0.1, -0.05) is 0 Å². The van der Waals surface area contributed by atoms with Crippen molar-refractivity contribution in [3.05, 3.63) is 42.5 Å². The van der Waals surface area contributed by atoms with Crippen molar-refractivity contribution in [3.8, 4) is 28.6 Å². The van der Waals surface area contributed by atoms with E-state index in [-0.39, 0.29) is 18.2 Å². The molecule has 1 aliphatic rings. The Kier molecular flexibility index (Phi) is 5.44. The van der Waals surface area contributed by atoms with Gasteiger partial charge in [0.2, 0.25) is 11.9 Å². The SMILES string of the molecule is COc1ccc(-c2nc3n(n2)[C@H](CC(=O)Nc2ccc(OC)cc2OC)C(=O)N3)cc1. The predicted octanol–water partition coefficient (Wildman–Crippen LogP) is 2.49. The van der Waals surface area contributed by atoms with Crippen molar-refractivity contribution in [1.29, 1.82) is 0 Å². The molecule has 1 aromatic heterocycles. The van der Waals surface area contributed by atoms with Gasteiger partial charge < -0.3 is 19.5 Å². The summed E-state index contributed by atoms with van der Waals surface area (Å²) in [5.74, 6) is 1.81. The number of hydrogen-bond donors (Lipinski definition) is 2. The van der Waals surface area contributed by atoms with Crippen molar-refractivity contribution in [2.24, 2.45) is 0 Å². The minimum absolute atomic E-state index is 0.112. The van der Waals surface area contributed by atoms with Crippen molar-refractivity contribution in [1.82, 2.24) is 14.8 Å². The molecule has 4 rings (SSSR count). The summed E-state index contributed by atoms with van der Waals surface area (Å²) in [6.45, 7) is 0. The quantitative estimate of drug-likeness (QED) is 0.600. The summed E-state index contributed by atoms with van der Waals surface area (Å²) in [6, 6.07) is 11.5. The zero-order valence-electron chi connectivity index (χ0n) is 17.2. The number of anilines is 2. The number of carbonyl (C=O) groups is 2. The van der Waals surface area contributed by atoms with Crippen LogP contribution in [0.5, 0.6) is 17.2 Å². The molecule has 2 aromatic carbocycles. The number of methoxy groups -OCH3 is 3. The van der Waals surface area contributed by atoms with Gasteiger partial charge in [-0.15, -0.1) is 5.10 Å². The van der Waals surface area contributed by atoms with Gasteiger partial charge >= 0.3 is 0 Å². The van der Waals surface area contributed by atoms with Gasteiger partial charge in [0.25, 0.3) is 5.91 Å². The highest BCUT2D eigenvalue weighted by Gasteiger charge is 2.35. The van der Waals surface area contributed by atoms with E-state index in [1.54, 1.807) is 44.6 Å². The fourth-order valence-corrected chi connectivity index (χ4v) is 3.25. The second-order valence-electron chi connectivity index (χ2n) is 6.76. The van der Waals surface area contributed by atoms with E-state index in [2.05, 4.69) is 20.7 Å². The van der Waals surface area contributed by atoms with Crippen LogP contribution in [0.1, 0.15) is 12.5 Å². The van der Waals surface area contributed by atoms with Crippen LogP contribution in [0.25, 0.3) is 11.4 Å². The highest BCUT2D eigenvalue weighted by molar-refractivity contribution is 6.01. The summed E-state index contributed by atoms with van der Waals surface area (Å²) in [7, 11) is 4.63. The molecule has 2 heterocycles. The zero-order valence-corrected chi connectivity index (χ0v) is 17.2. The lowest BCUT2D eigenvalue weighted by atomic mass is 10.2. The van der Waals surface area contributed by atoms with Gasteiger partial charge in [-0.2, -0.15) is 4.98 Å². The summed E-state index contributed by atoms with van der Waals surface area (Å²) in [5, 5.41) is 9.86. The second-order valence-corrected chi connectivity index (χ2v) is 6.76. The third kappa shape index (κ3) is 4.00. The largest absolute Gasteiger partial charge is 0.497 e. The Morgan fingerprint density at radius 1 is 1.06 bits per heavy atom. The van der Waals surface area contributed by atoms with Gasteiger partial charge in [0.05, 0.1) is 33.4 Å². The Labute approximate surface area is 178 Å². The van der Waals surface area contributed by atoms with Crippen LogP contribution < -0.4 is 24.8 Å². The first-order valence-corrected chi connectivity index (χ1v) is 9.46. The Hall–Kier alpha value is -4.08. The number of benzene rings is 2. The Morgan fingerprint density at radius 2 is 1.77 bits per heavy atom. The van der Waals surface area contributed by atoms with E-state index in [9.17, 15) is 9.59 Å². The number of fused-ring (bicyclic) bond motifs is 1. The van der Waals surface area contributed by atoms with Crippen LogP contribution in [-0.2, 0) is 9.59 Å². The van der Waals surface area contributed by atoms with E-state index in [1.807, 2.05) is 12.1 Å². The lowest BCUT2D eigenvalue weighted by molar-refractivity contribution is -0.123. The summed E-state index contributed by atoms with van der Waals surface area (Å²) in [6.07, 6.45) is -0.112. The second kappa shape index (κ2) is 8.34. The van der Waals surface area contributed by atoms with Crippen LogP contribution in [0.15, 0.2) is 42.5 Å². The number of rotatable bonds is 7. The van der Waals surface area contributed by atoms with Gasteiger partial charge in [-0.05, 0) is 36.4 Å². The number of aromatic nitrogens is 3. The van der Waals surface area contributed by atoms with Crippen molar-refractivity contribution >= 4 is 23.5 Å². The molecule has 1 aliphatic heterocycles. The monoisotopic (exact) mass is 423 g/mol. The first-order valence-electron chi connectivity index (χ1n) is 9.46. The van der Waals surface area contributed by atoms with Crippen molar-refractivity contribution in [2.75, 3.05) is 32.0 Å². The average Bonchev–Trinajstić information content (AvgIpc) is 3.32. The van der Waals surface area contributed by atoms with Crippen molar-refractivity contribution in [3.63, 3.8) is 0 Å². The van der Waals surface area contributed by atoms with Crippen LogP contribution >= 0.6 is 0 Å². The predicted molar refractivity (Wildman–Crippen MR) is 112 cm³/mol. The minimum Gasteiger partial charge on any atom is -0.497 e. The maximum atomic E-state index is 12.6. The molecular formula is C21H21N5O5. The molecule has 10 nitrogen and oxygen atoms in total. The Balaban J connectivity index is 1.50. The topological polar surface area (TPSA) is 117 Å². The molecule has 160 valence electrons. The van der Waals surface area contributed by atoms with Crippen LogP contribution in [-0.4, -0.2) is 47.9 Å². The molecule has 10 heteroatoms. The average molecular weight is 423 g/mol. The molecule has 2 amide bonds. The van der Waals surface area contributed by atoms with E-state index in [0.717, 1.165) is 5.56 Å². The molecular weight excluding hydrogens is 402 g/mol. The van der Waals surface area contributed by atoms with Crippen molar-refractivity contribution in [2.45, 2.75) is 12.5 Å². The van der Waals surface area contributed by atoms with Gasteiger partial charge in [0.15, 0.2) is 5.82 Å². The smallest absolute Gasteiger partial charge is 0.252 e. The molecule has 0 saturated carbocycles. The Morgan fingerprint density at radius 3 is 2.45 bits per heavy atom. The molecule has 31 heavy (non-hydrogen) atoms. The third-order valence-electron chi connectivity index (χ3n) is 4.87. The first kappa shape index (κ1) is 20.2. The zero-order chi connectivity index (χ0) is 22.0. The number of amides is 2. The molecule has 1 atom stereocenters. The number of nitrogens with one attached hydrogen (secondary N) is 2. The molecule has 0 unspecified atom stereocenters. The summed E-state index contributed by atoms with van der Waals surface area (Å²) in [4.78, 5) is 29.4. The maximum Gasteiger partial charge on any atom is 0.252 e. The number of carbonyl (C=O) groups excluding carboxylic acids is 2. The lowest BCUT2D eigenvalue weighted by Crippen LogP contribution is -2.24. The minimum atomic E-state index is -0.807. The van der Waals surface area contributed by atoms with Gasteiger partial charge in [-0.25, -0.2) is 4.68 Å². The number of nitrogens with zero attached hydrogens (tertiary/aromatic N) is 3. The van der Waals surface area contributed by atoms with E-state index in [4.69, 9.17) is 14.2 Å². The van der Waals surface area contributed by atoms with Crippen LogP contribution in [0.3, 0.4) is 0 Å². The highest BCUT2D eigenvalue weighted by Crippen LogP contribution is 2.31. The first-order chi connectivity index (χ1) is 15.0. The Bertz CT molecular complexity index is 1130. The standard InChI is InChI=1S/C21H21N5O5/c1-29-13-6-4-12(5-7-13)19-23-21-24-20(28)16(26(21)25-19)11-18(27)22-15-9-8-14(30-2)10-17(15)31-3/h4-10,16H,11H2,1-3H3,(H,22,27)(H,23,24,25,28)/t16-/m1/s1. The molecule has 0 radical (unpaired) electrons. The van der Waals surface area contributed by atoms with E-state index >= 15 is 0 Å².